The van der Waals surface area contributed by atoms with Gasteiger partial charge in [-0.1, -0.05) is 127 Å². The maximum Gasteiger partial charge on any atom is 0.227 e. The summed E-state index contributed by atoms with van der Waals surface area (Å²) in [6.07, 6.45) is 0. The van der Waals surface area contributed by atoms with Gasteiger partial charge in [0, 0.05) is 28.0 Å². The number of oxazole rings is 1. The molecule has 8 aromatic carbocycles. The zero-order valence-corrected chi connectivity index (χ0v) is 26.1. The van der Waals surface area contributed by atoms with E-state index in [1.807, 2.05) is 18.2 Å². The van der Waals surface area contributed by atoms with E-state index in [2.05, 4.69) is 169 Å². The third-order valence-corrected chi connectivity index (χ3v) is 9.05. The standard InChI is InChI=1S/C45H30N2O/c1-3-10-31(11-4-1)33-20-24-39(25-21-33)47(40-16-9-15-35(29-40)32-12-5-2-6-13-32)41-26-22-36-28-38(19-18-37(36)30-41)45-46-43-27-23-34-14-7-8-17-42(34)44(43)48-45/h1-30H. The van der Waals surface area contributed by atoms with Crippen molar-refractivity contribution in [3.63, 3.8) is 0 Å². The minimum Gasteiger partial charge on any atom is -0.435 e. The number of nitrogens with zero attached hydrogens (tertiary/aromatic N) is 2. The lowest BCUT2D eigenvalue weighted by Gasteiger charge is -2.26. The van der Waals surface area contributed by atoms with Gasteiger partial charge in [-0.05, 0) is 93.0 Å². The van der Waals surface area contributed by atoms with Crippen LogP contribution in [0.2, 0.25) is 0 Å². The SMILES string of the molecule is c1ccc(-c2ccc(N(c3cccc(-c4ccccc4)c3)c3ccc4cc(-c5nc6ccc7ccccc7c6o5)ccc4c3)cc2)cc1. The molecule has 0 amide bonds. The van der Waals surface area contributed by atoms with Crippen LogP contribution in [0.3, 0.4) is 0 Å². The second-order valence-electron chi connectivity index (χ2n) is 12.1. The average Bonchev–Trinajstić information content (AvgIpc) is 3.61. The van der Waals surface area contributed by atoms with Crippen LogP contribution in [0.4, 0.5) is 17.1 Å². The molecule has 48 heavy (non-hydrogen) atoms. The van der Waals surface area contributed by atoms with E-state index in [1.165, 1.54) is 22.3 Å². The Morgan fingerprint density at radius 1 is 0.375 bits per heavy atom. The molecule has 0 unspecified atom stereocenters. The third-order valence-electron chi connectivity index (χ3n) is 9.05. The van der Waals surface area contributed by atoms with Crippen LogP contribution in [0.5, 0.6) is 0 Å². The number of anilines is 3. The molecule has 3 heteroatoms. The van der Waals surface area contributed by atoms with E-state index in [4.69, 9.17) is 9.40 Å². The minimum absolute atomic E-state index is 0.630. The highest BCUT2D eigenvalue weighted by molar-refractivity contribution is 6.03. The highest BCUT2D eigenvalue weighted by Crippen LogP contribution is 2.39. The van der Waals surface area contributed by atoms with Crippen molar-refractivity contribution in [2.75, 3.05) is 4.90 Å². The lowest BCUT2D eigenvalue weighted by Crippen LogP contribution is -2.10. The molecule has 0 aliphatic rings. The van der Waals surface area contributed by atoms with Gasteiger partial charge >= 0.3 is 0 Å². The van der Waals surface area contributed by atoms with Crippen molar-refractivity contribution in [1.82, 2.24) is 4.98 Å². The van der Waals surface area contributed by atoms with E-state index in [1.54, 1.807) is 0 Å². The highest BCUT2D eigenvalue weighted by atomic mass is 16.3. The van der Waals surface area contributed by atoms with Gasteiger partial charge in [0.25, 0.3) is 0 Å². The van der Waals surface area contributed by atoms with Crippen LogP contribution >= 0.6 is 0 Å². The first-order valence-corrected chi connectivity index (χ1v) is 16.2. The van der Waals surface area contributed by atoms with Crippen molar-refractivity contribution in [2.45, 2.75) is 0 Å². The molecule has 0 saturated heterocycles. The van der Waals surface area contributed by atoms with E-state index in [0.29, 0.717) is 5.89 Å². The zero-order chi connectivity index (χ0) is 31.9. The van der Waals surface area contributed by atoms with Gasteiger partial charge in [0.05, 0.1) is 0 Å². The summed E-state index contributed by atoms with van der Waals surface area (Å²) in [6.45, 7) is 0. The zero-order valence-electron chi connectivity index (χ0n) is 26.1. The molecule has 0 spiro atoms. The molecule has 0 aliphatic carbocycles. The summed E-state index contributed by atoms with van der Waals surface area (Å²) < 4.78 is 6.36. The molecular weight excluding hydrogens is 585 g/mol. The van der Waals surface area contributed by atoms with Gasteiger partial charge in [-0.2, -0.15) is 0 Å². The van der Waals surface area contributed by atoms with Gasteiger partial charge in [-0.25, -0.2) is 4.98 Å². The van der Waals surface area contributed by atoms with Crippen LogP contribution in [0.15, 0.2) is 186 Å². The Morgan fingerprint density at radius 3 is 1.77 bits per heavy atom. The van der Waals surface area contributed by atoms with Crippen LogP contribution in [-0.4, -0.2) is 4.98 Å². The molecule has 3 nitrogen and oxygen atoms in total. The number of aromatic nitrogens is 1. The van der Waals surface area contributed by atoms with Gasteiger partial charge in [0.15, 0.2) is 5.58 Å². The Hall–Kier alpha value is -6.45. The number of hydrogen-bond acceptors (Lipinski definition) is 3. The second kappa shape index (κ2) is 11.7. The number of hydrogen-bond donors (Lipinski definition) is 0. The van der Waals surface area contributed by atoms with E-state index in [0.717, 1.165) is 55.3 Å². The Kier molecular flexibility index (Phi) is 6.80. The number of rotatable bonds is 6. The maximum absolute atomic E-state index is 6.36. The van der Waals surface area contributed by atoms with Gasteiger partial charge in [-0.3, -0.25) is 0 Å². The van der Waals surface area contributed by atoms with Crippen LogP contribution < -0.4 is 4.90 Å². The van der Waals surface area contributed by atoms with Crippen LogP contribution in [0.1, 0.15) is 0 Å². The molecule has 0 fully saturated rings. The topological polar surface area (TPSA) is 29.3 Å². The van der Waals surface area contributed by atoms with Crippen molar-refractivity contribution in [3.8, 4) is 33.7 Å². The molecule has 9 rings (SSSR count). The fraction of sp³-hybridized carbons (Fsp3) is 0. The summed E-state index contributed by atoms with van der Waals surface area (Å²) in [5, 5.41) is 4.49. The second-order valence-corrected chi connectivity index (χ2v) is 12.1. The van der Waals surface area contributed by atoms with Crippen LogP contribution in [-0.2, 0) is 0 Å². The van der Waals surface area contributed by atoms with Crippen molar-refractivity contribution in [1.29, 1.82) is 0 Å². The highest BCUT2D eigenvalue weighted by Gasteiger charge is 2.16. The van der Waals surface area contributed by atoms with Crippen LogP contribution in [0.25, 0.3) is 66.4 Å². The lowest BCUT2D eigenvalue weighted by atomic mass is 10.0. The van der Waals surface area contributed by atoms with Crippen molar-refractivity contribution in [2.24, 2.45) is 0 Å². The summed E-state index contributed by atoms with van der Waals surface area (Å²) in [7, 11) is 0. The molecule has 9 aromatic rings. The number of fused-ring (bicyclic) bond motifs is 4. The van der Waals surface area contributed by atoms with E-state index in [9.17, 15) is 0 Å². The average molecular weight is 615 g/mol. The fourth-order valence-corrected chi connectivity index (χ4v) is 6.62. The fourth-order valence-electron chi connectivity index (χ4n) is 6.62. The van der Waals surface area contributed by atoms with E-state index in [-0.39, 0.29) is 0 Å². The van der Waals surface area contributed by atoms with E-state index >= 15 is 0 Å². The molecule has 0 atom stereocenters. The van der Waals surface area contributed by atoms with Gasteiger partial charge in [-0.15, -0.1) is 0 Å². The minimum atomic E-state index is 0.630. The lowest BCUT2D eigenvalue weighted by molar-refractivity contribution is 0.623. The van der Waals surface area contributed by atoms with Crippen molar-refractivity contribution < 1.29 is 4.42 Å². The first-order valence-electron chi connectivity index (χ1n) is 16.2. The Morgan fingerprint density at radius 2 is 0.958 bits per heavy atom. The molecule has 0 radical (unpaired) electrons. The summed E-state index contributed by atoms with van der Waals surface area (Å²) in [4.78, 5) is 7.19. The maximum atomic E-state index is 6.36. The quantitative estimate of drug-likeness (QED) is 0.187. The largest absolute Gasteiger partial charge is 0.435 e. The molecule has 0 saturated carbocycles. The molecule has 0 bridgehead atoms. The number of benzene rings is 8. The molecule has 0 aliphatic heterocycles. The molecule has 1 heterocycles. The van der Waals surface area contributed by atoms with E-state index < -0.39 is 0 Å². The van der Waals surface area contributed by atoms with Crippen molar-refractivity contribution >= 4 is 49.7 Å². The predicted octanol–water partition coefficient (Wildman–Crippen LogP) is 12.6. The first kappa shape index (κ1) is 27.8. The van der Waals surface area contributed by atoms with Gasteiger partial charge < -0.3 is 9.32 Å². The van der Waals surface area contributed by atoms with Gasteiger partial charge in [0.1, 0.15) is 5.52 Å². The first-order chi connectivity index (χ1) is 23.8. The van der Waals surface area contributed by atoms with Crippen molar-refractivity contribution in [3.05, 3.63) is 182 Å². The third kappa shape index (κ3) is 5.08. The summed E-state index contributed by atoms with van der Waals surface area (Å²) in [6, 6.07) is 64.1. The predicted molar refractivity (Wildman–Crippen MR) is 200 cm³/mol. The summed E-state index contributed by atoms with van der Waals surface area (Å²) in [5.74, 6) is 0.630. The summed E-state index contributed by atoms with van der Waals surface area (Å²) >= 11 is 0. The van der Waals surface area contributed by atoms with Crippen LogP contribution in [0, 0.1) is 0 Å². The monoisotopic (exact) mass is 614 g/mol. The molecule has 0 N–H and O–H groups in total. The Balaban J connectivity index is 1.13. The Labute approximate surface area is 279 Å². The normalized spacial score (nSPS) is 11.3. The smallest absolute Gasteiger partial charge is 0.227 e. The molecule has 1 aromatic heterocycles. The van der Waals surface area contributed by atoms with Gasteiger partial charge in [0.2, 0.25) is 5.89 Å². The summed E-state index contributed by atoms with van der Waals surface area (Å²) in [5.41, 5.74) is 10.7. The Bertz CT molecular complexity index is 2550. The molecular formula is C45H30N2O. The molecule has 226 valence electrons.